The Balaban J connectivity index is 2.32. The number of hydrogen-bond acceptors (Lipinski definition) is 3. The highest BCUT2D eigenvalue weighted by atomic mass is 16.2. The minimum absolute atomic E-state index is 0.0187. The summed E-state index contributed by atoms with van der Waals surface area (Å²) < 4.78 is 0. The highest BCUT2D eigenvalue weighted by Gasteiger charge is 2.23. The quantitative estimate of drug-likeness (QED) is 0.722. The molecule has 0 bridgehead atoms. The minimum Gasteiger partial charge on any atom is -0.355 e. The zero-order chi connectivity index (χ0) is 11.3. The number of nitrogens with zero attached hydrogens (tertiary/aromatic N) is 2. The molecule has 1 unspecified atom stereocenters. The Hall–Kier alpha value is -0.610. The third kappa shape index (κ3) is 3.80. The molecule has 1 fully saturated rings. The van der Waals surface area contributed by atoms with Gasteiger partial charge in [0, 0.05) is 32.7 Å². The number of carbonyl (C=O) groups is 1. The van der Waals surface area contributed by atoms with Crippen LogP contribution in [0.25, 0.3) is 0 Å². The first-order valence-electron chi connectivity index (χ1n) is 5.85. The summed E-state index contributed by atoms with van der Waals surface area (Å²) in [6.45, 7) is 8.97. The molecule has 1 aliphatic rings. The molecule has 0 aromatic carbocycles. The molecule has 0 spiro atoms. The van der Waals surface area contributed by atoms with Crippen molar-refractivity contribution in [2.24, 2.45) is 0 Å². The normalized spacial score (nSPS) is 21.3. The van der Waals surface area contributed by atoms with Crippen molar-refractivity contribution in [2.75, 3.05) is 39.8 Å². The molecule has 1 N–H and O–H groups in total. The van der Waals surface area contributed by atoms with E-state index in [1.807, 2.05) is 6.92 Å². The fourth-order valence-corrected chi connectivity index (χ4v) is 1.77. The van der Waals surface area contributed by atoms with Crippen molar-refractivity contribution < 1.29 is 4.79 Å². The van der Waals surface area contributed by atoms with Crippen LogP contribution in [0, 0.1) is 0 Å². The number of piperazine rings is 1. The van der Waals surface area contributed by atoms with Crippen LogP contribution in [0.4, 0.5) is 0 Å². The Bertz CT molecular complexity index is 200. The second-order valence-corrected chi connectivity index (χ2v) is 4.31. The minimum atomic E-state index is 0.0187. The molecule has 0 radical (unpaired) electrons. The van der Waals surface area contributed by atoms with Gasteiger partial charge in [-0.25, -0.2) is 0 Å². The number of rotatable bonds is 4. The summed E-state index contributed by atoms with van der Waals surface area (Å²) in [7, 11) is 2.12. The summed E-state index contributed by atoms with van der Waals surface area (Å²) in [6, 6.07) is 0.0187. The summed E-state index contributed by atoms with van der Waals surface area (Å²) in [5.41, 5.74) is 0. The molecule has 0 saturated carbocycles. The Morgan fingerprint density at radius 1 is 1.33 bits per heavy atom. The first kappa shape index (κ1) is 12.5. The molecule has 4 nitrogen and oxygen atoms in total. The van der Waals surface area contributed by atoms with Crippen molar-refractivity contribution in [2.45, 2.75) is 26.3 Å². The van der Waals surface area contributed by atoms with Gasteiger partial charge in [-0.15, -0.1) is 0 Å². The third-order valence-corrected chi connectivity index (χ3v) is 3.01. The highest BCUT2D eigenvalue weighted by Crippen LogP contribution is 2.04. The molecule has 0 aromatic heterocycles. The van der Waals surface area contributed by atoms with Crippen molar-refractivity contribution in [3.05, 3.63) is 0 Å². The Kier molecular flexibility index (Phi) is 5.05. The maximum absolute atomic E-state index is 11.7. The van der Waals surface area contributed by atoms with Gasteiger partial charge in [-0.2, -0.15) is 0 Å². The SMILES string of the molecule is CCCNC(=O)C(C)N1CCN(C)CC1. The van der Waals surface area contributed by atoms with E-state index >= 15 is 0 Å². The maximum atomic E-state index is 11.7. The monoisotopic (exact) mass is 213 g/mol. The van der Waals surface area contributed by atoms with E-state index in [9.17, 15) is 4.79 Å². The standard InChI is InChI=1S/C11H23N3O/c1-4-5-12-11(15)10(2)14-8-6-13(3)7-9-14/h10H,4-9H2,1-3H3,(H,12,15). The lowest BCUT2D eigenvalue weighted by molar-refractivity contribution is -0.126. The predicted molar refractivity (Wildman–Crippen MR) is 61.8 cm³/mol. The van der Waals surface area contributed by atoms with E-state index in [4.69, 9.17) is 0 Å². The summed E-state index contributed by atoms with van der Waals surface area (Å²) in [5, 5.41) is 2.95. The molecule has 88 valence electrons. The molecule has 1 aliphatic heterocycles. The van der Waals surface area contributed by atoms with Gasteiger partial charge in [0.2, 0.25) is 5.91 Å². The van der Waals surface area contributed by atoms with Crippen molar-refractivity contribution in [1.82, 2.24) is 15.1 Å². The smallest absolute Gasteiger partial charge is 0.237 e. The molecule has 4 heteroatoms. The van der Waals surface area contributed by atoms with Crippen LogP contribution in [0.15, 0.2) is 0 Å². The van der Waals surface area contributed by atoms with Crippen LogP contribution in [0.3, 0.4) is 0 Å². The molecule has 0 aliphatic carbocycles. The summed E-state index contributed by atoms with van der Waals surface area (Å²) >= 11 is 0. The second kappa shape index (κ2) is 6.08. The van der Waals surface area contributed by atoms with Gasteiger partial charge in [0.25, 0.3) is 0 Å². The summed E-state index contributed by atoms with van der Waals surface area (Å²) in [5.74, 6) is 0.168. The third-order valence-electron chi connectivity index (χ3n) is 3.01. The molecule has 1 heterocycles. The number of hydrogen-bond donors (Lipinski definition) is 1. The molecular weight excluding hydrogens is 190 g/mol. The lowest BCUT2D eigenvalue weighted by atomic mass is 10.2. The number of amides is 1. The molecule has 1 atom stereocenters. The zero-order valence-electron chi connectivity index (χ0n) is 10.1. The van der Waals surface area contributed by atoms with Crippen LogP contribution in [-0.4, -0.2) is 61.5 Å². The largest absolute Gasteiger partial charge is 0.355 e. The van der Waals surface area contributed by atoms with Gasteiger partial charge >= 0.3 is 0 Å². The van der Waals surface area contributed by atoms with E-state index in [1.165, 1.54) is 0 Å². The van der Waals surface area contributed by atoms with E-state index in [0.717, 1.165) is 39.1 Å². The average Bonchev–Trinajstić information content (AvgIpc) is 2.26. The number of likely N-dealkylation sites (N-methyl/N-ethyl adjacent to an activating group) is 1. The van der Waals surface area contributed by atoms with Crippen LogP contribution in [0.2, 0.25) is 0 Å². The molecular formula is C11H23N3O. The molecule has 1 saturated heterocycles. The van der Waals surface area contributed by atoms with E-state index in [0.29, 0.717) is 0 Å². The number of carbonyl (C=O) groups excluding carboxylic acids is 1. The van der Waals surface area contributed by atoms with Crippen LogP contribution >= 0.6 is 0 Å². The van der Waals surface area contributed by atoms with Crippen LogP contribution < -0.4 is 5.32 Å². The van der Waals surface area contributed by atoms with Gasteiger partial charge in [0.15, 0.2) is 0 Å². The molecule has 15 heavy (non-hydrogen) atoms. The Labute approximate surface area is 92.6 Å². The summed E-state index contributed by atoms with van der Waals surface area (Å²) in [4.78, 5) is 16.3. The molecule has 1 rings (SSSR count). The van der Waals surface area contributed by atoms with E-state index < -0.39 is 0 Å². The van der Waals surface area contributed by atoms with E-state index in [2.05, 4.69) is 29.1 Å². The summed E-state index contributed by atoms with van der Waals surface area (Å²) in [6.07, 6.45) is 1.00. The topological polar surface area (TPSA) is 35.6 Å². The van der Waals surface area contributed by atoms with Crippen LogP contribution in [-0.2, 0) is 4.79 Å². The van der Waals surface area contributed by atoms with E-state index in [1.54, 1.807) is 0 Å². The zero-order valence-corrected chi connectivity index (χ0v) is 10.1. The number of nitrogens with one attached hydrogen (secondary N) is 1. The second-order valence-electron chi connectivity index (χ2n) is 4.31. The Morgan fingerprint density at radius 2 is 1.93 bits per heavy atom. The highest BCUT2D eigenvalue weighted by molar-refractivity contribution is 5.81. The van der Waals surface area contributed by atoms with Crippen LogP contribution in [0.1, 0.15) is 20.3 Å². The van der Waals surface area contributed by atoms with Gasteiger partial charge in [-0.3, -0.25) is 9.69 Å². The van der Waals surface area contributed by atoms with Crippen LogP contribution in [0.5, 0.6) is 0 Å². The van der Waals surface area contributed by atoms with Crippen molar-refractivity contribution in [3.8, 4) is 0 Å². The van der Waals surface area contributed by atoms with Gasteiger partial charge in [-0.05, 0) is 20.4 Å². The predicted octanol–water partition coefficient (Wildman–Crippen LogP) is 0.149. The van der Waals surface area contributed by atoms with Crippen molar-refractivity contribution in [3.63, 3.8) is 0 Å². The first-order chi connectivity index (χ1) is 7.15. The average molecular weight is 213 g/mol. The first-order valence-corrected chi connectivity index (χ1v) is 5.85. The fourth-order valence-electron chi connectivity index (χ4n) is 1.77. The van der Waals surface area contributed by atoms with Gasteiger partial charge in [0.05, 0.1) is 6.04 Å². The lowest BCUT2D eigenvalue weighted by Crippen LogP contribution is -2.53. The fraction of sp³-hybridized carbons (Fsp3) is 0.909. The molecule has 1 amide bonds. The molecule has 0 aromatic rings. The Morgan fingerprint density at radius 3 is 2.47 bits per heavy atom. The maximum Gasteiger partial charge on any atom is 0.237 e. The van der Waals surface area contributed by atoms with Gasteiger partial charge < -0.3 is 10.2 Å². The van der Waals surface area contributed by atoms with Gasteiger partial charge in [0.1, 0.15) is 0 Å². The van der Waals surface area contributed by atoms with Gasteiger partial charge in [-0.1, -0.05) is 6.92 Å². The van der Waals surface area contributed by atoms with Crippen molar-refractivity contribution in [1.29, 1.82) is 0 Å². The lowest BCUT2D eigenvalue weighted by Gasteiger charge is -2.35. The van der Waals surface area contributed by atoms with E-state index in [-0.39, 0.29) is 11.9 Å². The van der Waals surface area contributed by atoms with Crippen molar-refractivity contribution >= 4 is 5.91 Å².